The van der Waals surface area contributed by atoms with Crippen molar-refractivity contribution >= 4 is 39.1 Å². The summed E-state index contributed by atoms with van der Waals surface area (Å²) in [4.78, 5) is 14.8. The number of benzene rings is 2. The van der Waals surface area contributed by atoms with Gasteiger partial charge in [-0.3, -0.25) is 4.79 Å². The van der Waals surface area contributed by atoms with Crippen molar-refractivity contribution in [3.63, 3.8) is 0 Å². The Balaban J connectivity index is 1.56. The number of hydrogen-bond donors (Lipinski definition) is 0. The molecule has 0 atom stereocenters. The molecule has 0 saturated carbocycles. The van der Waals surface area contributed by atoms with Crippen molar-refractivity contribution in [3.05, 3.63) is 69.7 Å². The topological polar surface area (TPSA) is 83.7 Å². The standard InChI is InChI=1S/C21H18Cl2FN3O4S/c1-13-18(20(25-31-13)19-16(23)6-3-7-17(19)24)21(28)26-8-10-27(11-9-26)32(29,30)15-5-2-4-14(22)12-15/h2-7,12H,8-11H2,1H3. The number of rotatable bonds is 4. The van der Waals surface area contributed by atoms with Crippen LogP contribution in [-0.4, -0.2) is 54.9 Å². The fourth-order valence-corrected chi connectivity index (χ4v) is 5.56. The lowest BCUT2D eigenvalue weighted by molar-refractivity contribution is 0.0696. The normalized spacial score (nSPS) is 15.2. The molecule has 32 heavy (non-hydrogen) atoms. The van der Waals surface area contributed by atoms with Gasteiger partial charge < -0.3 is 9.42 Å². The molecule has 0 spiro atoms. The maximum atomic E-state index is 14.4. The third kappa shape index (κ3) is 4.13. The van der Waals surface area contributed by atoms with Gasteiger partial charge in [-0.1, -0.05) is 40.5 Å². The molecule has 11 heteroatoms. The Labute approximate surface area is 194 Å². The van der Waals surface area contributed by atoms with Crippen molar-refractivity contribution in [2.45, 2.75) is 11.8 Å². The van der Waals surface area contributed by atoms with Gasteiger partial charge in [0.15, 0.2) is 0 Å². The van der Waals surface area contributed by atoms with Crippen LogP contribution in [0.25, 0.3) is 11.3 Å². The number of aromatic nitrogens is 1. The highest BCUT2D eigenvalue weighted by molar-refractivity contribution is 7.89. The number of carbonyl (C=O) groups excluding carboxylic acids is 1. The quantitative estimate of drug-likeness (QED) is 0.538. The summed E-state index contributed by atoms with van der Waals surface area (Å²) in [7, 11) is -3.74. The minimum Gasteiger partial charge on any atom is -0.360 e. The highest BCUT2D eigenvalue weighted by Gasteiger charge is 2.34. The lowest BCUT2D eigenvalue weighted by Crippen LogP contribution is -2.50. The van der Waals surface area contributed by atoms with Crippen LogP contribution in [0.15, 0.2) is 51.9 Å². The van der Waals surface area contributed by atoms with Crippen molar-refractivity contribution in [2.24, 2.45) is 0 Å². The number of amides is 1. The van der Waals surface area contributed by atoms with Crippen LogP contribution in [0.5, 0.6) is 0 Å². The SMILES string of the molecule is Cc1onc(-c2c(F)cccc2Cl)c1C(=O)N1CCN(S(=O)(=O)c2cccc(Cl)c2)CC1. The number of sulfonamides is 1. The first kappa shape index (κ1) is 22.7. The summed E-state index contributed by atoms with van der Waals surface area (Å²) < 4.78 is 46.7. The summed E-state index contributed by atoms with van der Waals surface area (Å²) >= 11 is 12.1. The third-order valence-electron chi connectivity index (χ3n) is 5.24. The van der Waals surface area contributed by atoms with Crippen molar-refractivity contribution in [1.29, 1.82) is 0 Å². The maximum absolute atomic E-state index is 14.4. The Morgan fingerprint density at radius 1 is 1.09 bits per heavy atom. The van der Waals surface area contributed by atoms with Crippen LogP contribution in [0.3, 0.4) is 0 Å². The smallest absolute Gasteiger partial charge is 0.259 e. The average Bonchev–Trinajstić information content (AvgIpc) is 3.14. The first-order valence-electron chi connectivity index (χ1n) is 9.66. The Kier molecular flexibility index (Phi) is 6.26. The summed E-state index contributed by atoms with van der Waals surface area (Å²) in [6, 6.07) is 10.2. The van der Waals surface area contributed by atoms with Crippen molar-refractivity contribution in [2.75, 3.05) is 26.2 Å². The van der Waals surface area contributed by atoms with Crippen LogP contribution in [0.1, 0.15) is 16.1 Å². The number of halogens is 3. The molecule has 7 nitrogen and oxygen atoms in total. The molecule has 0 unspecified atom stereocenters. The van der Waals surface area contributed by atoms with E-state index >= 15 is 0 Å². The monoisotopic (exact) mass is 497 g/mol. The van der Waals surface area contributed by atoms with E-state index in [1.165, 1.54) is 39.5 Å². The van der Waals surface area contributed by atoms with E-state index in [0.717, 1.165) is 0 Å². The maximum Gasteiger partial charge on any atom is 0.259 e. The van der Waals surface area contributed by atoms with E-state index in [2.05, 4.69) is 5.16 Å². The molecule has 1 fully saturated rings. The molecule has 3 aromatic rings. The highest BCUT2D eigenvalue weighted by atomic mass is 35.5. The van der Waals surface area contributed by atoms with Gasteiger partial charge in [0.25, 0.3) is 5.91 Å². The zero-order chi connectivity index (χ0) is 23.0. The summed E-state index contributed by atoms with van der Waals surface area (Å²) in [5.41, 5.74) is 0.101. The number of hydrogen-bond acceptors (Lipinski definition) is 5. The number of nitrogens with zero attached hydrogens (tertiary/aromatic N) is 3. The molecule has 2 aromatic carbocycles. The first-order chi connectivity index (χ1) is 15.2. The van der Waals surface area contributed by atoms with Gasteiger partial charge in [0.05, 0.1) is 15.5 Å². The Morgan fingerprint density at radius 2 is 1.78 bits per heavy atom. The molecule has 1 aliphatic rings. The van der Waals surface area contributed by atoms with Gasteiger partial charge in [-0.2, -0.15) is 4.31 Å². The van der Waals surface area contributed by atoms with Gasteiger partial charge in [0.2, 0.25) is 10.0 Å². The second-order valence-corrected chi connectivity index (χ2v) is 9.99. The van der Waals surface area contributed by atoms with E-state index < -0.39 is 21.7 Å². The van der Waals surface area contributed by atoms with Gasteiger partial charge >= 0.3 is 0 Å². The largest absolute Gasteiger partial charge is 0.360 e. The molecule has 0 N–H and O–H groups in total. The fraction of sp³-hybridized carbons (Fsp3) is 0.238. The lowest BCUT2D eigenvalue weighted by atomic mass is 10.0. The molecular formula is C21H18Cl2FN3O4S. The number of piperazine rings is 1. The van der Waals surface area contributed by atoms with Crippen LogP contribution in [0.2, 0.25) is 10.0 Å². The predicted octanol–water partition coefficient (Wildman–Crippen LogP) is 4.24. The fourth-order valence-electron chi connectivity index (χ4n) is 3.58. The molecule has 1 saturated heterocycles. The van der Waals surface area contributed by atoms with E-state index in [1.807, 2.05) is 0 Å². The van der Waals surface area contributed by atoms with Crippen molar-refractivity contribution < 1.29 is 22.1 Å². The molecule has 0 bridgehead atoms. The van der Waals surface area contributed by atoms with Crippen molar-refractivity contribution in [1.82, 2.24) is 14.4 Å². The highest BCUT2D eigenvalue weighted by Crippen LogP contribution is 2.34. The molecule has 0 aliphatic carbocycles. The number of carbonyl (C=O) groups is 1. The molecule has 4 rings (SSSR count). The number of aryl methyl sites for hydroxylation is 1. The summed E-state index contributed by atoms with van der Waals surface area (Å²) in [6.07, 6.45) is 0. The van der Waals surface area contributed by atoms with Gasteiger partial charge in [0, 0.05) is 31.2 Å². The molecule has 1 amide bonds. The van der Waals surface area contributed by atoms with Crippen LogP contribution >= 0.6 is 23.2 Å². The molecule has 168 valence electrons. The Bertz CT molecular complexity index is 1270. The van der Waals surface area contributed by atoms with Crippen LogP contribution < -0.4 is 0 Å². The lowest BCUT2D eigenvalue weighted by Gasteiger charge is -2.34. The van der Waals surface area contributed by atoms with E-state index in [1.54, 1.807) is 19.1 Å². The summed E-state index contributed by atoms with van der Waals surface area (Å²) in [5.74, 6) is -0.839. The molecule has 1 aliphatic heterocycles. The zero-order valence-corrected chi connectivity index (χ0v) is 19.2. The summed E-state index contributed by atoms with van der Waals surface area (Å²) in [6.45, 7) is 2.04. The minimum absolute atomic E-state index is 0.0171. The predicted molar refractivity (Wildman–Crippen MR) is 118 cm³/mol. The van der Waals surface area contributed by atoms with Gasteiger partial charge in [-0.15, -0.1) is 0 Å². The van der Waals surface area contributed by atoms with Crippen molar-refractivity contribution in [3.8, 4) is 11.3 Å². The van der Waals surface area contributed by atoms with E-state index in [0.29, 0.717) is 5.02 Å². The van der Waals surface area contributed by atoms with Crippen LogP contribution in [-0.2, 0) is 10.0 Å². The average molecular weight is 498 g/mol. The molecule has 2 heterocycles. The molecule has 0 radical (unpaired) electrons. The van der Waals surface area contributed by atoms with E-state index in [4.69, 9.17) is 27.7 Å². The van der Waals surface area contributed by atoms with Gasteiger partial charge in [-0.25, -0.2) is 12.8 Å². The van der Waals surface area contributed by atoms with E-state index in [-0.39, 0.29) is 58.7 Å². The third-order valence-corrected chi connectivity index (χ3v) is 7.68. The second-order valence-electron chi connectivity index (χ2n) is 7.21. The van der Waals surface area contributed by atoms with Crippen LogP contribution in [0.4, 0.5) is 4.39 Å². The van der Waals surface area contributed by atoms with Gasteiger partial charge in [0.1, 0.15) is 22.8 Å². The van der Waals surface area contributed by atoms with Crippen LogP contribution in [0, 0.1) is 12.7 Å². The zero-order valence-electron chi connectivity index (χ0n) is 16.9. The Hall–Kier alpha value is -2.46. The van der Waals surface area contributed by atoms with E-state index in [9.17, 15) is 17.6 Å². The molecule has 1 aromatic heterocycles. The minimum atomic E-state index is -3.74. The first-order valence-corrected chi connectivity index (χ1v) is 11.9. The molecular weight excluding hydrogens is 480 g/mol. The van der Waals surface area contributed by atoms with Gasteiger partial charge in [-0.05, 0) is 37.3 Å². The Morgan fingerprint density at radius 3 is 2.44 bits per heavy atom. The second kappa shape index (κ2) is 8.82. The summed E-state index contributed by atoms with van der Waals surface area (Å²) in [5, 5.41) is 4.28.